The highest BCUT2D eigenvalue weighted by atomic mass is 32.2. The van der Waals surface area contributed by atoms with Gasteiger partial charge in [-0.1, -0.05) is 6.07 Å². The van der Waals surface area contributed by atoms with Crippen molar-refractivity contribution < 1.29 is 40.2 Å². The van der Waals surface area contributed by atoms with Crippen molar-refractivity contribution in [3.8, 4) is 11.4 Å². The quantitative estimate of drug-likeness (QED) is 0.626. The Kier molecular flexibility index (Phi) is 4.90. The molecule has 1 atom stereocenters. The van der Waals surface area contributed by atoms with Gasteiger partial charge in [-0.15, -0.1) is 0 Å². The van der Waals surface area contributed by atoms with Gasteiger partial charge in [0.05, 0.1) is 16.3 Å². The number of aromatic nitrogens is 2. The van der Waals surface area contributed by atoms with Crippen molar-refractivity contribution in [2.24, 2.45) is 0 Å². The van der Waals surface area contributed by atoms with E-state index in [1.54, 1.807) is 0 Å². The highest BCUT2D eigenvalue weighted by Crippen LogP contribution is 2.49. The fraction of sp³-hybridized carbons (Fsp3) is 0.231. The summed E-state index contributed by atoms with van der Waals surface area (Å²) in [7, 11) is 0. The van der Waals surface area contributed by atoms with E-state index >= 15 is 0 Å². The molecule has 1 unspecified atom stereocenters. The van der Waals surface area contributed by atoms with Crippen LogP contribution in [0.15, 0.2) is 41.6 Å². The van der Waals surface area contributed by atoms with Gasteiger partial charge in [0.2, 0.25) is 0 Å². The fourth-order valence-electron chi connectivity index (χ4n) is 1.88. The van der Waals surface area contributed by atoms with E-state index in [1.807, 2.05) is 0 Å². The van der Waals surface area contributed by atoms with E-state index in [2.05, 4.69) is 9.97 Å². The van der Waals surface area contributed by atoms with Gasteiger partial charge >= 0.3 is 12.4 Å². The zero-order chi connectivity index (χ0) is 19.0. The van der Waals surface area contributed by atoms with Crippen LogP contribution < -0.4 is 0 Å². The Labute approximate surface area is 138 Å². The molecule has 0 radical (unpaired) electrons. The summed E-state index contributed by atoms with van der Waals surface area (Å²) in [5, 5.41) is 9.25. The molecule has 136 valence electrons. The van der Waals surface area contributed by atoms with E-state index in [1.165, 1.54) is 12.1 Å². The number of aliphatic hydroxyl groups is 1. The number of hydrogen-bond donors (Lipinski definition) is 2. The third kappa shape index (κ3) is 3.50. The first-order valence-electron chi connectivity index (χ1n) is 6.27. The van der Waals surface area contributed by atoms with Crippen LogP contribution in [0, 0.1) is 0 Å². The van der Waals surface area contributed by atoms with Gasteiger partial charge < -0.3 is 9.66 Å². The molecule has 2 rings (SSSR count). The van der Waals surface area contributed by atoms with E-state index < -0.39 is 34.6 Å². The van der Waals surface area contributed by atoms with Crippen LogP contribution in [0.5, 0.6) is 0 Å². The third-order valence-corrected chi connectivity index (χ3v) is 3.85. The summed E-state index contributed by atoms with van der Waals surface area (Å²) < 4.78 is 96.2. The van der Waals surface area contributed by atoms with Crippen molar-refractivity contribution in [1.29, 1.82) is 0 Å². The van der Waals surface area contributed by atoms with Gasteiger partial charge in [0.1, 0.15) is 0 Å². The van der Waals surface area contributed by atoms with Gasteiger partial charge in [0.15, 0.2) is 11.1 Å². The van der Waals surface area contributed by atoms with Gasteiger partial charge in [-0.05, 0) is 18.2 Å². The molecule has 2 N–H and O–H groups in total. The van der Waals surface area contributed by atoms with Crippen LogP contribution in [0.2, 0.25) is 0 Å². The van der Waals surface area contributed by atoms with Crippen LogP contribution in [-0.2, 0) is 16.7 Å². The molecule has 0 fully saturated rings. The monoisotopic (exact) mass is 386 g/mol. The summed E-state index contributed by atoms with van der Waals surface area (Å²) in [6, 6.07) is 3.65. The summed E-state index contributed by atoms with van der Waals surface area (Å²) in [6.07, 6.45) is -10.8. The highest BCUT2D eigenvalue weighted by molar-refractivity contribution is 7.79. The number of pyridine rings is 2. The standard InChI is InChI=1S/C13H8F6N2O3S/c14-12(15,16)11(22,13(17,18)19)7-1-3-9(20-5-7)10-4-2-8(6-21-10)25(23)24/h1-6,22H,(H,23,24). The van der Waals surface area contributed by atoms with Crippen LogP contribution in [-0.4, -0.2) is 36.2 Å². The fourth-order valence-corrected chi connectivity index (χ4v) is 2.21. The molecule has 0 spiro atoms. The molecular formula is C13H8F6N2O3S. The smallest absolute Gasteiger partial charge is 0.369 e. The number of nitrogens with zero attached hydrogens (tertiary/aromatic N) is 2. The van der Waals surface area contributed by atoms with E-state index in [0.29, 0.717) is 6.07 Å². The van der Waals surface area contributed by atoms with Gasteiger partial charge in [-0.3, -0.25) is 9.97 Å². The summed E-state index contributed by atoms with van der Waals surface area (Å²) in [5.41, 5.74) is -6.60. The SMILES string of the molecule is O=S(O)c1ccc(-c2ccc(C(O)(C(F)(F)F)C(F)(F)F)cn2)nc1. The Morgan fingerprint density at radius 2 is 1.32 bits per heavy atom. The minimum absolute atomic E-state index is 0.0447. The first-order valence-corrected chi connectivity index (χ1v) is 7.38. The number of rotatable bonds is 3. The largest absolute Gasteiger partial charge is 0.430 e. The van der Waals surface area contributed by atoms with E-state index in [-0.39, 0.29) is 22.5 Å². The van der Waals surface area contributed by atoms with Gasteiger partial charge in [-0.2, -0.15) is 26.3 Å². The zero-order valence-corrected chi connectivity index (χ0v) is 12.7. The normalized spacial score (nSPS) is 14.4. The first kappa shape index (κ1) is 19.3. The summed E-state index contributed by atoms with van der Waals surface area (Å²) in [6.45, 7) is 0. The molecule has 0 aliphatic heterocycles. The van der Waals surface area contributed by atoms with Crippen LogP contribution >= 0.6 is 0 Å². The Morgan fingerprint density at radius 3 is 1.64 bits per heavy atom. The molecule has 2 heterocycles. The third-order valence-electron chi connectivity index (χ3n) is 3.20. The topological polar surface area (TPSA) is 83.3 Å². The molecule has 5 nitrogen and oxygen atoms in total. The van der Waals surface area contributed by atoms with E-state index in [0.717, 1.165) is 12.3 Å². The minimum Gasteiger partial charge on any atom is -0.369 e. The number of hydrogen-bond acceptors (Lipinski definition) is 4. The van der Waals surface area contributed by atoms with Crippen LogP contribution in [0.3, 0.4) is 0 Å². The molecule has 12 heteroatoms. The van der Waals surface area contributed by atoms with Crippen molar-refractivity contribution in [2.45, 2.75) is 22.8 Å². The predicted molar refractivity (Wildman–Crippen MR) is 72.5 cm³/mol. The molecule has 2 aromatic rings. The maximum atomic E-state index is 12.8. The summed E-state index contributed by atoms with van der Waals surface area (Å²) in [4.78, 5) is 7.14. The second-order valence-electron chi connectivity index (χ2n) is 4.77. The van der Waals surface area contributed by atoms with Gasteiger partial charge in [0.25, 0.3) is 5.60 Å². The Bertz CT molecular complexity index is 760. The molecular weight excluding hydrogens is 378 g/mol. The van der Waals surface area contributed by atoms with E-state index in [9.17, 15) is 35.7 Å². The lowest BCUT2D eigenvalue weighted by Crippen LogP contribution is -2.53. The zero-order valence-electron chi connectivity index (χ0n) is 11.8. The molecule has 2 aromatic heterocycles. The lowest BCUT2D eigenvalue weighted by Gasteiger charge is -2.32. The maximum Gasteiger partial charge on any atom is 0.430 e. The lowest BCUT2D eigenvalue weighted by atomic mass is 9.93. The predicted octanol–water partition coefficient (Wildman–Crippen LogP) is 3.04. The number of alkyl halides is 6. The second kappa shape index (κ2) is 6.35. The highest BCUT2D eigenvalue weighted by Gasteiger charge is 2.71. The average Bonchev–Trinajstić information content (AvgIpc) is 2.52. The summed E-state index contributed by atoms with van der Waals surface area (Å²) >= 11 is -2.30. The molecule has 0 bridgehead atoms. The molecule has 25 heavy (non-hydrogen) atoms. The second-order valence-corrected chi connectivity index (χ2v) is 5.74. The van der Waals surface area contributed by atoms with Gasteiger partial charge in [0, 0.05) is 18.0 Å². The molecule has 0 saturated heterocycles. The molecule has 0 aromatic carbocycles. The Hall–Kier alpha value is -2.05. The van der Waals surface area contributed by atoms with Crippen molar-refractivity contribution in [3.05, 3.63) is 42.2 Å². The maximum absolute atomic E-state index is 12.8. The van der Waals surface area contributed by atoms with Crippen LogP contribution in [0.25, 0.3) is 11.4 Å². The molecule has 0 aliphatic rings. The number of halogens is 6. The molecule has 0 saturated carbocycles. The first-order chi connectivity index (χ1) is 11.4. The van der Waals surface area contributed by atoms with Crippen molar-refractivity contribution in [3.63, 3.8) is 0 Å². The lowest BCUT2D eigenvalue weighted by molar-refractivity contribution is -0.376. The van der Waals surface area contributed by atoms with E-state index in [4.69, 9.17) is 4.55 Å². The summed E-state index contributed by atoms with van der Waals surface area (Å²) in [5.74, 6) is 0. The molecule has 0 aliphatic carbocycles. The van der Waals surface area contributed by atoms with Crippen molar-refractivity contribution in [1.82, 2.24) is 9.97 Å². The van der Waals surface area contributed by atoms with Gasteiger partial charge in [-0.25, -0.2) is 4.21 Å². The molecule has 0 amide bonds. The Morgan fingerprint density at radius 1 is 0.840 bits per heavy atom. The van der Waals surface area contributed by atoms with Crippen LogP contribution in [0.1, 0.15) is 5.56 Å². The van der Waals surface area contributed by atoms with Crippen molar-refractivity contribution >= 4 is 11.1 Å². The minimum atomic E-state index is -6.00. The average molecular weight is 386 g/mol. The Balaban J connectivity index is 2.43. The van der Waals surface area contributed by atoms with Crippen LogP contribution in [0.4, 0.5) is 26.3 Å². The van der Waals surface area contributed by atoms with Crippen molar-refractivity contribution in [2.75, 3.05) is 0 Å².